The van der Waals surface area contributed by atoms with Crippen molar-refractivity contribution in [1.29, 1.82) is 0 Å². The number of rotatable bonds is 0. The molecule has 0 amide bonds. The summed E-state index contributed by atoms with van der Waals surface area (Å²) in [4.78, 5) is 21.6. The molecule has 40 valence electrons. The third-order valence-electron chi connectivity index (χ3n) is 0. The van der Waals surface area contributed by atoms with Gasteiger partial charge in [-0.3, -0.25) is 0 Å². The van der Waals surface area contributed by atoms with Crippen LogP contribution in [0.15, 0.2) is 0 Å². The van der Waals surface area contributed by atoms with Crippen LogP contribution in [-0.2, 0) is 4.57 Å². The Morgan fingerprint density at radius 3 is 1.14 bits per heavy atom. The molecule has 4 nitrogen and oxygen atoms in total. The first kappa shape index (κ1) is 15.8. The molecule has 0 bridgehead atoms. The average Bonchev–Trinajstić information content (AvgIpc) is 0.722. The zero-order valence-electron chi connectivity index (χ0n) is 3.58. The van der Waals surface area contributed by atoms with Gasteiger partial charge in [0.15, 0.2) is 0 Å². The normalized spacial score (nSPS) is 8.43. The van der Waals surface area contributed by atoms with Crippen LogP contribution in [-0.4, -0.2) is 14.7 Å². The molecule has 0 spiro atoms. The molecule has 0 radical (unpaired) electrons. The Morgan fingerprint density at radius 1 is 1.14 bits per heavy atom. The van der Waals surface area contributed by atoms with Gasteiger partial charge in [0.1, 0.15) is 0 Å². The van der Waals surface area contributed by atoms with E-state index in [1.807, 2.05) is 0 Å². The van der Waals surface area contributed by atoms with Crippen molar-refractivity contribution in [3.63, 3.8) is 0 Å². The van der Waals surface area contributed by atoms with Crippen molar-refractivity contribution in [3.05, 3.63) is 0 Å². The first-order valence-corrected chi connectivity index (χ1v) is 2.35. The van der Waals surface area contributed by atoms with Crippen molar-refractivity contribution in [2.24, 2.45) is 0 Å². The summed E-state index contributed by atoms with van der Waals surface area (Å²) in [6, 6.07) is 0. The summed E-state index contributed by atoms with van der Waals surface area (Å²) in [6.07, 6.45) is 0. The number of hydrogen-bond donors (Lipinski definition) is 3. The van der Waals surface area contributed by atoms with Gasteiger partial charge in [0, 0.05) is 0 Å². The largest absolute Gasteiger partial charge is 1.00 e. The van der Waals surface area contributed by atoms with Gasteiger partial charge in [-0.25, -0.2) is 4.57 Å². The van der Waals surface area contributed by atoms with Crippen molar-refractivity contribution in [2.75, 3.05) is 0 Å². The fourth-order valence-corrected chi connectivity index (χ4v) is 0. The summed E-state index contributed by atoms with van der Waals surface area (Å²) in [5.74, 6) is 0. The van der Waals surface area contributed by atoms with E-state index in [1.54, 1.807) is 0 Å². The molecule has 0 aliphatic rings. The van der Waals surface area contributed by atoms with Gasteiger partial charge in [-0.15, -0.1) is 0 Å². The molecule has 0 atom stereocenters. The Hall–Kier alpha value is 1.59. The van der Waals surface area contributed by atoms with Gasteiger partial charge in [-0.1, -0.05) is 0 Å². The van der Waals surface area contributed by atoms with E-state index in [-0.39, 0.29) is 46.5 Å². The van der Waals surface area contributed by atoms with Crippen LogP contribution in [0, 0.1) is 0 Å². The van der Waals surface area contributed by atoms with Crippen molar-refractivity contribution in [2.45, 2.75) is 0 Å². The third-order valence-corrected chi connectivity index (χ3v) is 0. The van der Waals surface area contributed by atoms with E-state index in [1.165, 1.54) is 0 Å². The average molecular weight is 201 g/mol. The van der Waals surface area contributed by atoms with Crippen LogP contribution >= 0.6 is 7.82 Å². The van der Waals surface area contributed by atoms with E-state index < -0.39 is 7.82 Å². The first-order valence-electron chi connectivity index (χ1n) is 0.783. The standard InChI is InChI=1S/BrH.Na.H3O4P/c;;1-5(2,3)4/h1H;;(H3,1,2,3,4)/q;+1;/p-1. The molecule has 0 fully saturated rings. The van der Waals surface area contributed by atoms with Crippen LogP contribution in [0.3, 0.4) is 0 Å². The van der Waals surface area contributed by atoms with Crippen LogP contribution in [0.5, 0.6) is 0 Å². The maximum atomic E-state index is 8.88. The summed E-state index contributed by atoms with van der Waals surface area (Å²) < 4.78 is 8.88. The molecule has 0 saturated heterocycles. The molecule has 0 aliphatic carbocycles. The van der Waals surface area contributed by atoms with Gasteiger partial charge >= 0.3 is 37.4 Å². The summed E-state index contributed by atoms with van der Waals surface area (Å²) in [5, 5.41) is 0. The van der Waals surface area contributed by atoms with Crippen LogP contribution in [0.1, 0.15) is 0 Å². The molecule has 7 heteroatoms. The van der Waals surface area contributed by atoms with Crippen molar-refractivity contribution >= 4 is 7.82 Å². The Labute approximate surface area is 73.2 Å². The third kappa shape index (κ3) is 93.8. The number of phosphoric acid groups is 1. The topological polar surface area (TPSA) is 77.8 Å². The molecule has 0 rings (SSSR count). The minimum absolute atomic E-state index is 0. The van der Waals surface area contributed by atoms with E-state index in [4.69, 9.17) is 19.2 Å². The second kappa shape index (κ2) is 5.72. The van der Waals surface area contributed by atoms with Crippen LogP contribution in [0.4, 0.5) is 0 Å². The van der Waals surface area contributed by atoms with Crippen molar-refractivity contribution < 1.29 is 65.8 Å². The molecule has 3 N–H and O–H groups in total. The Bertz CT molecular complexity index is 57.8. The molecule has 0 saturated carbocycles. The Morgan fingerprint density at radius 2 is 1.14 bits per heavy atom. The zero-order valence-corrected chi connectivity index (χ0v) is 8.06. The SMILES string of the molecule is O=P(O)(O)O.[Br-].[Na+]. The van der Waals surface area contributed by atoms with E-state index >= 15 is 0 Å². The van der Waals surface area contributed by atoms with Gasteiger partial charge in [0.2, 0.25) is 0 Å². The molecule has 0 aromatic rings. The molecular formula is H3BrNaO4P. The van der Waals surface area contributed by atoms with Gasteiger partial charge in [0.05, 0.1) is 0 Å². The van der Waals surface area contributed by atoms with Gasteiger partial charge in [-0.05, 0) is 0 Å². The van der Waals surface area contributed by atoms with Crippen LogP contribution < -0.4 is 46.5 Å². The van der Waals surface area contributed by atoms with Crippen molar-refractivity contribution in [1.82, 2.24) is 0 Å². The van der Waals surface area contributed by atoms with E-state index in [2.05, 4.69) is 0 Å². The summed E-state index contributed by atoms with van der Waals surface area (Å²) in [7, 11) is -4.64. The van der Waals surface area contributed by atoms with E-state index in [9.17, 15) is 0 Å². The maximum Gasteiger partial charge on any atom is 1.00 e. The first-order chi connectivity index (χ1) is 2.00. The van der Waals surface area contributed by atoms with Crippen LogP contribution in [0.2, 0.25) is 0 Å². The smallest absolute Gasteiger partial charge is 1.00 e. The summed E-state index contributed by atoms with van der Waals surface area (Å²) in [6.45, 7) is 0. The maximum absolute atomic E-state index is 8.88. The second-order valence-corrected chi connectivity index (χ2v) is 1.54. The van der Waals surface area contributed by atoms with Crippen molar-refractivity contribution in [3.8, 4) is 0 Å². The fourth-order valence-electron chi connectivity index (χ4n) is 0. The second-order valence-electron chi connectivity index (χ2n) is 0.513. The molecular weight excluding hydrogens is 198 g/mol. The minimum atomic E-state index is -4.64. The van der Waals surface area contributed by atoms with Crippen LogP contribution in [0.25, 0.3) is 0 Å². The molecule has 0 aliphatic heterocycles. The summed E-state index contributed by atoms with van der Waals surface area (Å²) in [5.41, 5.74) is 0. The fraction of sp³-hybridized carbons (Fsp3) is 0. The van der Waals surface area contributed by atoms with Gasteiger partial charge in [-0.2, -0.15) is 0 Å². The van der Waals surface area contributed by atoms with Gasteiger partial charge < -0.3 is 31.7 Å². The number of halogens is 1. The predicted octanol–water partition coefficient (Wildman–Crippen LogP) is -6.92. The van der Waals surface area contributed by atoms with E-state index in [0.717, 1.165) is 0 Å². The molecule has 0 unspecified atom stereocenters. The summed E-state index contributed by atoms with van der Waals surface area (Å²) >= 11 is 0. The molecule has 7 heavy (non-hydrogen) atoms. The molecule has 0 aromatic heterocycles. The molecule has 0 aromatic carbocycles. The minimum Gasteiger partial charge on any atom is -1.00 e. The Balaban J connectivity index is -0.0000000800. The quantitative estimate of drug-likeness (QED) is 0.269. The van der Waals surface area contributed by atoms with E-state index in [0.29, 0.717) is 0 Å². The monoisotopic (exact) mass is 200 g/mol. The van der Waals surface area contributed by atoms with Gasteiger partial charge in [0.25, 0.3) is 0 Å². The molecule has 0 heterocycles. The zero-order chi connectivity index (χ0) is 4.50. The predicted molar refractivity (Wildman–Crippen MR) is 14.3 cm³/mol. The Kier molecular flexibility index (Phi) is 12.9. The number of hydrogen-bond acceptors (Lipinski definition) is 1.